The van der Waals surface area contributed by atoms with Crippen molar-refractivity contribution in [2.24, 2.45) is 0 Å². The maximum absolute atomic E-state index is 7.94. The van der Waals surface area contributed by atoms with Crippen molar-refractivity contribution >= 4 is 9.76 Å². The van der Waals surface area contributed by atoms with Crippen LogP contribution in [0.5, 0.6) is 0 Å². The van der Waals surface area contributed by atoms with Crippen LogP contribution in [0.1, 0.15) is 6.92 Å². The Hall–Kier alpha value is -0.333. The van der Waals surface area contributed by atoms with Crippen LogP contribution in [0.3, 0.4) is 0 Å². The van der Waals surface area contributed by atoms with Gasteiger partial charge in [-0.3, -0.25) is 0 Å². The molecule has 0 saturated carbocycles. The number of nitrogens with zero attached hydrogens (tertiary/aromatic N) is 1. The zero-order valence-corrected chi connectivity index (χ0v) is 5.89. The monoisotopic (exact) mass is 115 g/mol. The van der Waals surface area contributed by atoms with Crippen molar-refractivity contribution in [2.45, 2.75) is 13.0 Å². The lowest BCUT2D eigenvalue weighted by Gasteiger charge is -1.89. The van der Waals surface area contributed by atoms with Gasteiger partial charge in [0.1, 0.15) is 6.61 Å². The molecule has 0 aromatic carbocycles. The largest absolute Gasteiger partial charge is 0.411 e. The van der Waals surface area contributed by atoms with Gasteiger partial charge in [-0.2, -0.15) is 5.26 Å². The van der Waals surface area contributed by atoms with Crippen LogP contribution in [0.15, 0.2) is 0 Å². The second-order valence-corrected chi connectivity index (χ2v) is 3.03. The van der Waals surface area contributed by atoms with E-state index in [2.05, 4.69) is 6.92 Å². The minimum absolute atomic E-state index is 0.292. The fourth-order valence-electron chi connectivity index (χ4n) is 0.262. The average molecular weight is 115 g/mol. The van der Waals surface area contributed by atoms with Crippen molar-refractivity contribution in [3.63, 3.8) is 0 Å². The molecule has 0 bridgehead atoms. The molecular formula is C4H9NOSi. The van der Waals surface area contributed by atoms with E-state index >= 15 is 0 Å². The second kappa shape index (κ2) is 5.67. The third kappa shape index (κ3) is 5.67. The fraction of sp³-hybridized carbons (Fsp3) is 0.750. The van der Waals surface area contributed by atoms with Crippen molar-refractivity contribution in [2.75, 3.05) is 6.61 Å². The topological polar surface area (TPSA) is 33.0 Å². The lowest BCUT2D eigenvalue weighted by Crippen LogP contribution is -1.95. The first-order chi connectivity index (χ1) is 3.41. The van der Waals surface area contributed by atoms with Gasteiger partial charge in [0.2, 0.25) is 0 Å². The highest BCUT2D eigenvalue weighted by atomic mass is 28.2. The quantitative estimate of drug-likeness (QED) is 0.384. The van der Waals surface area contributed by atoms with Crippen LogP contribution >= 0.6 is 0 Å². The van der Waals surface area contributed by atoms with Crippen molar-refractivity contribution in [3.05, 3.63) is 0 Å². The van der Waals surface area contributed by atoms with Crippen LogP contribution in [0.25, 0.3) is 0 Å². The summed E-state index contributed by atoms with van der Waals surface area (Å²) in [5.41, 5.74) is 0. The van der Waals surface area contributed by atoms with Gasteiger partial charge in [0.25, 0.3) is 0 Å². The highest BCUT2D eigenvalue weighted by Gasteiger charge is 1.78. The number of rotatable bonds is 3. The summed E-state index contributed by atoms with van der Waals surface area (Å²) in [5.74, 6) is 0. The second-order valence-electron chi connectivity index (χ2n) is 1.21. The predicted octanol–water partition coefficient (Wildman–Crippen LogP) is 0.0486. The molecule has 2 nitrogen and oxygen atoms in total. The molecule has 0 N–H and O–H groups in total. The average Bonchev–Trinajstić information content (AvgIpc) is 1.69. The Kier molecular flexibility index (Phi) is 5.40. The van der Waals surface area contributed by atoms with Gasteiger partial charge < -0.3 is 4.43 Å². The van der Waals surface area contributed by atoms with Crippen LogP contribution < -0.4 is 0 Å². The summed E-state index contributed by atoms with van der Waals surface area (Å²) in [6.07, 6.45) is 0. The number of hydrogen-bond donors (Lipinski definition) is 0. The normalized spacial score (nSPS) is 9.71. The van der Waals surface area contributed by atoms with E-state index < -0.39 is 0 Å². The van der Waals surface area contributed by atoms with Crippen LogP contribution in [0.4, 0.5) is 0 Å². The zero-order valence-electron chi connectivity index (χ0n) is 4.48. The van der Waals surface area contributed by atoms with Gasteiger partial charge in [0.05, 0.1) is 6.07 Å². The Morgan fingerprint density at radius 2 is 2.57 bits per heavy atom. The molecule has 0 rings (SSSR count). The van der Waals surface area contributed by atoms with E-state index in [0.717, 1.165) is 6.04 Å². The predicted molar refractivity (Wildman–Crippen MR) is 30.6 cm³/mol. The van der Waals surface area contributed by atoms with Crippen molar-refractivity contribution in [1.82, 2.24) is 0 Å². The molecule has 0 fully saturated rings. The fourth-order valence-corrected chi connectivity index (χ4v) is 0.786. The van der Waals surface area contributed by atoms with Gasteiger partial charge in [-0.15, -0.1) is 0 Å². The highest BCUT2D eigenvalue weighted by molar-refractivity contribution is 6.26. The van der Waals surface area contributed by atoms with Gasteiger partial charge in [-0.05, 0) is 6.04 Å². The Bertz CT molecular complexity index is 68.6. The molecule has 40 valence electrons. The first-order valence-electron chi connectivity index (χ1n) is 2.36. The summed E-state index contributed by atoms with van der Waals surface area (Å²) in [6, 6.07) is 3.04. The third-order valence-corrected chi connectivity index (χ3v) is 1.42. The Balaban J connectivity index is 2.60. The summed E-state index contributed by atoms with van der Waals surface area (Å²) in [7, 11) is -0.312. The van der Waals surface area contributed by atoms with Crippen LogP contribution in [0, 0.1) is 11.3 Å². The molecule has 0 aliphatic rings. The van der Waals surface area contributed by atoms with E-state index in [1.807, 2.05) is 6.07 Å². The van der Waals surface area contributed by atoms with E-state index in [-0.39, 0.29) is 9.76 Å². The molecule has 0 aliphatic carbocycles. The zero-order chi connectivity index (χ0) is 5.54. The van der Waals surface area contributed by atoms with E-state index in [1.165, 1.54) is 0 Å². The molecule has 3 heteroatoms. The van der Waals surface area contributed by atoms with Crippen LogP contribution in [-0.4, -0.2) is 16.4 Å². The van der Waals surface area contributed by atoms with E-state index in [4.69, 9.17) is 9.69 Å². The van der Waals surface area contributed by atoms with Gasteiger partial charge in [0.15, 0.2) is 9.76 Å². The summed E-state index contributed by atoms with van der Waals surface area (Å²) >= 11 is 0. The smallest absolute Gasteiger partial charge is 0.162 e. The van der Waals surface area contributed by atoms with E-state index in [0.29, 0.717) is 6.61 Å². The molecule has 0 radical (unpaired) electrons. The van der Waals surface area contributed by atoms with Gasteiger partial charge in [0, 0.05) is 0 Å². The molecule has 0 spiro atoms. The lowest BCUT2D eigenvalue weighted by atomic mass is 10.9. The Morgan fingerprint density at radius 3 is 3.00 bits per heavy atom. The molecule has 0 heterocycles. The molecule has 0 aromatic rings. The van der Waals surface area contributed by atoms with Gasteiger partial charge in [-0.1, -0.05) is 6.92 Å². The van der Waals surface area contributed by atoms with Crippen molar-refractivity contribution < 1.29 is 4.43 Å². The number of nitriles is 1. The number of hydrogen-bond acceptors (Lipinski definition) is 2. The summed E-state index contributed by atoms with van der Waals surface area (Å²) in [6.45, 7) is 2.36. The lowest BCUT2D eigenvalue weighted by molar-refractivity contribution is 0.391. The molecule has 0 saturated heterocycles. The summed E-state index contributed by atoms with van der Waals surface area (Å²) in [5, 5.41) is 7.94. The molecule has 0 aliphatic heterocycles. The van der Waals surface area contributed by atoms with Crippen molar-refractivity contribution in [3.8, 4) is 6.07 Å². The van der Waals surface area contributed by atoms with Crippen LogP contribution in [-0.2, 0) is 4.43 Å². The van der Waals surface area contributed by atoms with E-state index in [1.54, 1.807) is 0 Å². The highest BCUT2D eigenvalue weighted by Crippen LogP contribution is 1.73. The van der Waals surface area contributed by atoms with Gasteiger partial charge in [-0.25, -0.2) is 0 Å². The van der Waals surface area contributed by atoms with E-state index in [9.17, 15) is 0 Å². The maximum Gasteiger partial charge on any atom is 0.162 e. The summed E-state index contributed by atoms with van der Waals surface area (Å²) in [4.78, 5) is 0. The Morgan fingerprint density at radius 1 is 1.86 bits per heavy atom. The SMILES string of the molecule is CC[SiH2]OCC#N. The summed E-state index contributed by atoms with van der Waals surface area (Å²) < 4.78 is 4.91. The molecule has 7 heavy (non-hydrogen) atoms. The maximum atomic E-state index is 7.94. The molecule has 0 atom stereocenters. The standard InChI is InChI=1S/C4H9NOSi/c1-2-7-6-4-3-5/h2,4,7H2,1H3. The van der Waals surface area contributed by atoms with Crippen LogP contribution in [0.2, 0.25) is 6.04 Å². The minimum Gasteiger partial charge on any atom is -0.411 e. The molecule has 0 amide bonds. The Labute approximate surface area is 46.0 Å². The minimum atomic E-state index is -0.312. The third-order valence-electron chi connectivity index (χ3n) is 0.515. The first-order valence-corrected chi connectivity index (χ1v) is 3.94. The van der Waals surface area contributed by atoms with Crippen molar-refractivity contribution in [1.29, 1.82) is 5.26 Å². The molecular weight excluding hydrogens is 106 g/mol. The molecule has 0 aromatic heterocycles. The first kappa shape index (κ1) is 6.67. The van der Waals surface area contributed by atoms with Gasteiger partial charge >= 0.3 is 0 Å². The molecule has 0 unspecified atom stereocenters.